The van der Waals surface area contributed by atoms with E-state index in [0.717, 1.165) is 24.0 Å². The molecular formula is C17H18N2O. The van der Waals surface area contributed by atoms with Crippen LogP contribution in [0, 0.1) is 0 Å². The van der Waals surface area contributed by atoms with Crippen LogP contribution in [0.1, 0.15) is 29.9 Å². The molecule has 1 unspecified atom stereocenters. The Labute approximate surface area is 119 Å². The van der Waals surface area contributed by atoms with E-state index in [2.05, 4.69) is 10.3 Å². The third-order valence-electron chi connectivity index (χ3n) is 3.60. The van der Waals surface area contributed by atoms with Gasteiger partial charge in [-0.15, -0.1) is 0 Å². The van der Waals surface area contributed by atoms with Crippen LogP contribution in [0.3, 0.4) is 0 Å². The van der Waals surface area contributed by atoms with E-state index in [9.17, 15) is 4.79 Å². The average Bonchev–Trinajstić information content (AvgIpc) is 3.30. The number of carbonyl (C=O) groups is 1. The molecule has 1 aromatic heterocycles. The molecule has 1 aromatic carbocycles. The van der Waals surface area contributed by atoms with E-state index in [1.54, 1.807) is 6.20 Å². The molecule has 3 nitrogen and oxygen atoms in total. The van der Waals surface area contributed by atoms with Crippen molar-refractivity contribution in [1.82, 2.24) is 10.3 Å². The first-order chi connectivity index (χ1) is 9.83. The first-order valence-corrected chi connectivity index (χ1v) is 7.07. The van der Waals surface area contributed by atoms with Crippen LogP contribution in [-0.2, 0) is 11.2 Å². The maximum absolute atomic E-state index is 12.5. The van der Waals surface area contributed by atoms with E-state index < -0.39 is 0 Å². The molecule has 1 fully saturated rings. The van der Waals surface area contributed by atoms with Gasteiger partial charge in [0.1, 0.15) is 0 Å². The van der Waals surface area contributed by atoms with Crippen LogP contribution in [0.2, 0.25) is 0 Å². The number of benzene rings is 1. The zero-order valence-electron chi connectivity index (χ0n) is 11.3. The quantitative estimate of drug-likeness (QED) is 0.904. The van der Waals surface area contributed by atoms with Crippen molar-refractivity contribution >= 4 is 5.91 Å². The summed E-state index contributed by atoms with van der Waals surface area (Å²) in [5.74, 6) is -0.0106. The Balaban J connectivity index is 1.81. The molecule has 1 N–H and O–H groups in total. The maximum atomic E-state index is 12.5. The second-order valence-corrected chi connectivity index (χ2v) is 5.31. The number of carbonyl (C=O) groups excluding carboxylic acids is 1. The highest BCUT2D eigenvalue weighted by Crippen LogP contribution is 2.24. The van der Waals surface area contributed by atoms with Crippen LogP contribution in [0.25, 0.3) is 0 Å². The second-order valence-electron chi connectivity index (χ2n) is 5.31. The number of aromatic nitrogens is 1. The van der Waals surface area contributed by atoms with Crippen molar-refractivity contribution in [3.63, 3.8) is 0 Å². The Morgan fingerprint density at radius 3 is 2.65 bits per heavy atom. The van der Waals surface area contributed by atoms with Gasteiger partial charge in [0, 0.05) is 18.4 Å². The standard InChI is InChI=1S/C17H18N2O/c20-17(19-15-8-9-15)16(14-6-2-1-3-7-14)11-13-5-4-10-18-12-13/h1-7,10,12,15-16H,8-9,11H2,(H,19,20). The summed E-state index contributed by atoms with van der Waals surface area (Å²) >= 11 is 0. The lowest BCUT2D eigenvalue weighted by Crippen LogP contribution is -2.32. The number of hydrogen-bond donors (Lipinski definition) is 1. The fourth-order valence-corrected chi connectivity index (χ4v) is 2.33. The molecule has 1 aliphatic carbocycles. The second kappa shape index (κ2) is 5.87. The summed E-state index contributed by atoms with van der Waals surface area (Å²) in [5, 5.41) is 3.11. The minimum Gasteiger partial charge on any atom is -0.353 e. The molecule has 0 radical (unpaired) electrons. The molecule has 20 heavy (non-hydrogen) atoms. The largest absolute Gasteiger partial charge is 0.353 e. The molecule has 3 heteroatoms. The van der Waals surface area contributed by atoms with Gasteiger partial charge < -0.3 is 5.32 Å². The number of rotatable bonds is 5. The van der Waals surface area contributed by atoms with Gasteiger partial charge in [-0.05, 0) is 36.5 Å². The minimum absolute atomic E-state index is 0.127. The summed E-state index contributed by atoms with van der Waals surface area (Å²) < 4.78 is 0. The third-order valence-corrected chi connectivity index (χ3v) is 3.60. The molecule has 1 aliphatic rings. The van der Waals surface area contributed by atoms with Gasteiger partial charge in [-0.25, -0.2) is 0 Å². The lowest BCUT2D eigenvalue weighted by atomic mass is 9.92. The van der Waals surface area contributed by atoms with Gasteiger partial charge in [-0.3, -0.25) is 9.78 Å². The van der Waals surface area contributed by atoms with Crippen molar-refractivity contribution in [2.24, 2.45) is 0 Å². The molecule has 0 saturated heterocycles. The molecule has 0 spiro atoms. The fourth-order valence-electron chi connectivity index (χ4n) is 2.33. The predicted molar refractivity (Wildman–Crippen MR) is 78.3 cm³/mol. The maximum Gasteiger partial charge on any atom is 0.228 e. The van der Waals surface area contributed by atoms with E-state index in [1.807, 2.05) is 48.7 Å². The fraction of sp³-hybridized carbons (Fsp3) is 0.294. The highest BCUT2D eigenvalue weighted by Gasteiger charge is 2.28. The monoisotopic (exact) mass is 266 g/mol. The third kappa shape index (κ3) is 3.23. The van der Waals surface area contributed by atoms with Crippen molar-refractivity contribution in [3.8, 4) is 0 Å². The lowest BCUT2D eigenvalue weighted by molar-refractivity contribution is -0.122. The number of pyridine rings is 1. The van der Waals surface area contributed by atoms with Gasteiger partial charge in [0.2, 0.25) is 5.91 Å². The predicted octanol–water partition coefficient (Wildman–Crippen LogP) is 2.69. The van der Waals surface area contributed by atoms with Gasteiger partial charge in [0.05, 0.1) is 5.92 Å². The van der Waals surface area contributed by atoms with Crippen molar-refractivity contribution < 1.29 is 4.79 Å². The zero-order chi connectivity index (χ0) is 13.8. The van der Waals surface area contributed by atoms with Gasteiger partial charge >= 0.3 is 0 Å². The van der Waals surface area contributed by atoms with Crippen LogP contribution in [0.4, 0.5) is 0 Å². The molecule has 2 aromatic rings. The Morgan fingerprint density at radius 2 is 2.00 bits per heavy atom. The van der Waals surface area contributed by atoms with Crippen LogP contribution < -0.4 is 5.32 Å². The molecule has 0 aliphatic heterocycles. The van der Waals surface area contributed by atoms with Crippen LogP contribution in [0.5, 0.6) is 0 Å². The van der Waals surface area contributed by atoms with Gasteiger partial charge in [-0.2, -0.15) is 0 Å². The van der Waals surface area contributed by atoms with Crippen LogP contribution >= 0.6 is 0 Å². The molecule has 1 amide bonds. The Bertz CT molecular complexity index is 564. The minimum atomic E-state index is -0.138. The van der Waals surface area contributed by atoms with Crippen molar-refractivity contribution in [2.45, 2.75) is 31.2 Å². The highest BCUT2D eigenvalue weighted by atomic mass is 16.2. The van der Waals surface area contributed by atoms with Crippen molar-refractivity contribution in [3.05, 3.63) is 66.0 Å². The smallest absolute Gasteiger partial charge is 0.228 e. The highest BCUT2D eigenvalue weighted by molar-refractivity contribution is 5.84. The summed E-state index contributed by atoms with van der Waals surface area (Å²) in [4.78, 5) is 16.6. The first-order valence-electron chi connectivity index (χ1n) is 7.07. The van der Waals surface area contributed by atoms with E-state index in [-0.39, 0.29) is 11.8 Å². The van der Waals surface area contributed by atoms with Crippen molar-refractivity contribution in [2.75, 3.05) is 0 Å². The summed E-state index contributed by atoms with van der Waals surface area (Å²) in [7, 11) is 0. The Kier molecular flexibility index (Phi) is 3.77. The molecule has 102 valence electrons. The molecule has 3 rings (SSSR count). The molecule has 1 heterocycles. The number of nitrogens with one attached hydrogen (secondary N) is 1. The van der Waals surface area contributed by atoms with E-state index in [0.29, 0.717) is 12.5 Å². The summed E-state index contributed by atoms with van der Waals surface area (Å²) in [6.07, 6.45) is 6.50. The topological polar surface area (TPSA) is 42.0 Å². The van der Waals surface area contributed by atoms with Crippen molar-refractivity contribution in [1.29, 1.82) is 0 Å². The zero-order valence-corrected chi connectivity index (χ0v) is 11.3. The number of nitrogens with zero attached hydrogens (tertiary/aromatic N) is 1. The molecule has 1 saturated carbocycles. The normalized spacial score (nSPS) is 15.6. The Hall–Kier alpha value is -2.16. The number of amides is 1. The summed E-state index contributed by atoms with van der Waals surface area (Å²) in [6, 6.07) is 14.3. The lowest BCUT2D eigenvalue weighted by Gasteiger charge is -2.17. The molecule has 1 atom stereocenters. The SMILES string of the molecule is O=C(NC1CC1)C(Cc1cccnc1)c1ccccc1. The summed E-state index contributed by atoms with van der Waals surface area (Å²) in [5.41, 5.74) is 2.15. The van der Waals surface area contributed by atoms with Gasteiger partial charge in [0.25, 0.3) is 0 Å². The number of hydrogen-bond acceptors (Lipinski definition) is 2. The summed E-state index contributed by atoms with van der Waals surface area (Å²) in [6.45, 7) is 0. The Morgan fingerprint density at radius 1 is 1.20 bits per heavy atom. The van der Waals surface area contributed by atoms with Gasteiger partial charge in [0.15, 0.2) is 0 Å². The first kappa shape index (κ1) is 12.9. The molecule has 0 bridgehead atoms. The molecular weight excluding hydrogens is 248 g/mol. The van der Waals surface area contributed by atoms with E-state index >= 15 is 0 Å². The van der Waals surface area contributed by atoms with E-state index in [4.69, 9.17) is 0 Å². The van der Waals surface area contributed by atoms with Gasteiger partial charge in [-0.1, -0.05) is 36.4 Å². The average molecular weight is 266 g/mol. The van der Waals surface area contributed by atoms with E-state index in [1.165, 1.54) is 0 Å². The van der Waals surface area contributed by atoms with Crippen LogP contribution in [0.15, 0.2) is 54.9 Å². The van der Waals surface area contributed by atoms with Crippen LogP contribution in [-0.4, -0.2) is 16.9 Å².